The highest BCUT2D eigenvalue weighted by molar-refractivity contribution is 6.32. The largest absolute Gasteiger partial charge is 0.359 e. The molecule has 0 unspecified atom stereocenters. The Balaban J connectivity index is 2.04. The van der Waals surface area contributed by atoms with Crippen LogP contribution >= 0.6 is 0 Å². The molecule has 3 heterocycles. The summed E-state index contributed by atoms with van der Waals surface area (Å²) in [5.41, 5.74) is 8.77. The maximum atomic E-state index is 12.5. The van der Waals surface area contributed by atoms with Crippen molar-refractivity contribution in [1.29, 1.82) is 0 Å². The molecule has 1 aliphatic heterocycles. The van der Waals surface area contributed by atoms with Gasteiger partial charge in [-0.05, 0) is 49.1 Å². The lowest BCUT2D eigenvalue weighted by Gasteiger charge is -2.24. The van der Waals surface area contributed by atoms with E-state index < -0.39 is 0 Å². The smallest absolute Gasteiger partial charge is 0.273 e. The van der Waals surface area contributed by atoms with Gasteiger partial charge in [0.25, 0.3) is 5.91 Å². The summed E-state index contributed by atoms with van der Waals surface area (Å²) in [5, 5.41) is 4.19. The van der Waals surface area contributed by atoms with Crippen molar-refractivity contribution in [2.75, 3.05) is 19.6 Å². The molecule has 0 spiro atoms. The number of hydrogen-bond acceptors (Lipinski definition) is 5. The number of carbonyl (C=O) groups is 1. The molecule has 0 aliphatic carbocycles. The Kier molecular flexibility index (Phi) is 6.51. The van der Waals surface area contributed by atoms with Gasteiger partial charge in [-0.1, -0.05) is 34.6 Å². The Bertz CT molecular complexity index is 962. The van der Waals surface area contributed by atoms with Crippen LogP contribution in [0, 0.1) is 6.92 Å². The van der Waals surface area contributed by atoms with E-state index in [1.54, 1.807) is 18.6 Å². The molecule has 7 heteroatoms. The van der Waals surface area contributed by atoms with Gasteiger partial charge in [-0.15, -0.1) is 0 Å². The van der Waals surface area contributed by atoms with E-state index in [0.29, 0.717) is 17.0 Å². The summed E-state index contributed by atoms with van der Waals surface area (Å²) in [6.07, 6.45) is 7.70. The van der Waals surface area contributed by atoms with Crippen molar-refractivity contribution in [3.05, 3.63) is 52.4 Å². The number of H-pyrrole nitrogens is 1. The zero-order chi connectivity index (χ0) is 21.9. The second-order valence-corrected chi connectivity index (χ2v) is 8.59. The highest BCUT2D eigenvalue weighted by atomic mass is 16.2. The molecule has 2 aromatic rings. The van der Waals surface area contributed by atoms with E-state index in [1.807, 2.05) is 6.08 Å². The van der Waals surface area contributed by atoms with Crippen molar-refractivity contribution in [3.63, 3.8) is 0 Å². The van der Waals surface area contributed by atoms with Crippen molar-refractivity contribution in [3.8, 4) is 0 Å². The molecular weight excluding hydrogens is 376 g/mol. The first-order chi connectivity index (χ1) is 14.3. The lowest BCUT2D eigenvalue weighted by Crippen LogP contribution is -2.26. The third-order valence-corrected chi connectivity index (χ3v) is 5.53. The number of aromatic nitrogens is 3. The van der Waals surface area contributed by atoms with Crippen LogP contribution in [0.15, 0.2) is 29.3 Å². The molecule has 7 nitrogen and oxygen atoms in total. The molecule has 2 aromatic heterocycles. The minimum atomic E-state index is -0.229. The number of amides is 1. The Hall–Kier alpha value is -2.80. The standard InChI is InChI=1S/C23H32N6O/c1-7-29(8-2)12-9-16-15(3)26-18(20(16)23(4,5)6)13-17-21(27-28-22(17)30)19-14-24-10-11-25-19/h10-11,13-14,26H,7-9,12H2,1-6H3,(H,28,30). The fourth-order valence-electron chi connectivity index (χ4n) is 4.01. The number of carbonyl (C=O) groups excluding carboxylic acids is 1. The van der Waals surface area contributed by atoms with Gasteiger partial charge in [-0.3, -0.25) is 14.8 Å². The highest BCUT2D eigenvalue weighted by Crippen LogP contribution is 2.34. The number of aromatic amines is 1. The normalized spacial score (nSPS) is 15.8. The minimum Gasteiger partial charge on any atom is -0.359 e. The van der Waals surface area contributed by atoms with Gasteiger partial charge in [0.1, 0.15) is 11.4 Å². The molecule has 3 rings (SSSR count). The van der Waals surface area contributed by atoms with Crippen LogP contribution in [-0.4, -0.2) is 51.1 Å². The van der Waals surface area contributed by atoms with Gasteiger partial charge in [0.2, 0.25) is 0 Å². The Morgan fingerprint density at radius 3 is 2.50 bits per heavy atom. The summed E-state index contributed by atoms with van der Waals surface area (Å²) < 4.78 is 0. The molecule has 160 valence electrons. The van der Waals surface area contributed by atoms with Crippen LogP contribution in [-0.2, 0) is 16.6 Å². The number of hydrazone groups is 1. The Morgan fingerprint density at radius 2 is 1.90 bits per heavy atom. The maximum absolute atomic E-state index is 12.5. The van der Waals surface area contributed by atoms with Crippen LogP contribution in [0.3, 0.4) is 0 Å². The molecule has 1 amide bonds. The van der Waals surface area contributed by atoms with E-state index in [4.69, 9.17) is 0 Å². The van der Waals surface area contributed by atoms with E-state index >= 15 is 0 Å². The third-order valence-electron chi connectivity index (χ3n) is 5.53. The van der Waals surface area contributed by atoms with Gasteiger partial charge < -0.3 is 9.88 Å². The van der Waals surface area contributed by atoms with Gasteiger partial charge in [0.15, 0.2) is 0 Å². The molecule has 0 aromatic carbocycles. The lowest BCUT2D eigenvalue weighted by molar-refractivity contribution is -0.116. The molecule has 2 N–H and O–H groups in total. The maximum Gasteiger partial charge on any atom is 0.273 e. The van der Waals surface area contributed by atoms with Crippen LogP contribution in [0.5, 0.6) is 0 Å². The second kappa shape index (κ2) is 8.92. The number of hydrogen-bond donors (Lipinski definition) is 2. The van der Waals surface area contributed by atoms with Crippen molar-refractivity contribution in [2.24, 2.45) is 5.10 Å². The van der Waals surface area contributed by atoms with E-state index in [2.05, 4.69) is 71.9 Å². The lowest BCUT2D eigenvalue weighted by atomic mass is 9.82. The number of nitrogens with one attached hydrogen (secondary N) is 2. The first-order valence-corrected chi connectivity index (χ1v) is 10.6. The summed E-state index contributed by atoms with van der Waals surface area (Å²) in [7, 11) is 0. The Labute approximate surface area is 178 Å². The predicted molar refractivity (Wildman–Crippen MR) is 120 cm³/mol. The average molecular weight is 409 g/mol. The summed E-state index contributed by atoms with van der Waals surface area (Å²) in [5.74, 6) is -0.229. The average Bonchev–Trinajstić information content (AvgIpc) is 3.23. The van der Waals surface area contributed by atoms with Crippen molar-refractivity contribution >= 4 is 17.7 Å². The summed E-state index contributed by atoms with van der Waals surface area (Å²) in [6, 6.07) is 0. The Morgan fingerprint density at radius 1 is 1.17 bits per heavy atom. The molecule has 0 bridgehead atoms. The van der Waals surface area contributed by atoms with Crippen molar-refractivity contribution in [2.45, 2.75) is 53.4 Å². The van der Waals surface area contributed by atoms with Crippen LogP contribution in [0.2, 0.25) is 0 Å². The van der Waals surface area contributed by atoms with Crippen LogP contribution in [0.25, 0.3) is 6.08 Å². The first kappa shape index (κ1) is 21.9. The van der Waals surface area contributed by atoms with Gasteiger partial charge >= 0.3 is 0 Å². The van der Waals surface area contributed by atoms with Crippen LogP contribution < -0.4 is 5.43 Å². The SMILES string of the molecule is CCN(CC)CCc1c(C)[nH]c(C=C2C(=O)NN=C2c2cnccn2)c1C(C)(C)C. The van der Waals surface area contributed by atoms with Gasteiger partial charge in [0.05, 0.1) is 11.8 Å². The minimum absolute atomic E-state index is 0.0747. The third kappa shape index (κ3) is 4.51. The second-order valence-electron chi connectivity index (χ2n) is 8.59. The number of likely N-dealkylation sites (N-methyl/N-ethyl adjacent to an activating group) is 1. The summed E-state index contributed by atoms with van der Waals surface area (Å²) in [4.78, 5) is 26.9. The topological polar surface area (TPSA) is 86.3 Å². The number of rotatable bonds is 7. The first-order valence-electron chi connectivity index (χ1n) is 10.6. The molecular formula is C23H32N6O. The fourth-order valence-corrected chi connectivity index (χ4v) is 4.01. The van der Waals surface area contributed by atoms with Crippen LogP contribution in [0.4, 0.5) is 0 Å². The van der Waals surface area contributed by atoms with Crippen LogP contribution in [0.1, 0.15) is 62.8 Å². The zero-order valence-corrected chi connectivity index (χ0v) is 18.8. The molecule has 1 aliphatic rings. The van der Waals surface area contributed by atoms with Crippen molar-refractivity contribution < 1.29 is 4.79 Å². The van der Waals surface area contributed by atoms with E-state index in [-0.39, 0.29) is 11.3 Å². The van der Waals surface area contributed by atoms with Gasteiger partial charge in [0, 0.05) is 30.3 Å². The molecule has 0 atom stereocenters. The quantitative estimate of drug-likeness (QED) is 0.689. The van der Waals surface area contributed by atoms with E-state index in [1.165, 1.54) is 11.1 Å². The monoisotopic (exact) mass is 408 g/mol. The van der Waals surface area contributed by atoms with E-state index in [0.717, 1.165) is 37.4 Å². The molecule has 0 radical (unpaired) electrons. The summed E-state index contributed by atoms with van der Waals surface area (Å²) >= 11 is 0. The highest BCUT2D eigenvalue weighted by Gasteiger charge is 2.29. The zero-order valence-electron chi connectivity index (χ0n) is 18.8. The molecule has 30 heavy (non-hydrogen) atoms. The molecule has 0 saturated heterocycles. The van der Waals surface area contributed by atoms with E-state index in [9.17, 15) is 4.79 Å². The predicted octanol–water partition coefficient (Wildman–Crippen LogP) is 3.21. The fraction of sp³-hybridized carbons (Fsp3) is 0.478. The van der Waals surface area contributed by atoms with Gasteiger partial charge in [-0.2, -0.15) is 5.10 Å². The number of nitrogens with zero attached hydrogens (tertiary/aromatic N) is 4. The molecule has 0 fully saturated rings. The van der Waals surface area contributed by atoms with Crippen molar-refractivity contribution in [1.82, 2.24) is 25.3 Å². The molecule has 0 saturated carbocycles. The number of aryl methyl sites for hydroxylation is 1. The summed E-state index contributed by atoms with van der Waals surface area (Å²) in [6.45, 7) is 16.2. The van der Waals surface area contributed by atoms with Gasteiger partial charge in [-0.25, -0.2) is 5.43 Å².